The molecule has 0 aromatic heterocycles. The quantitative estimate of drug-likeness (QED) is 0.878. The summed E-state index contributed by atoms with van der Waals surface area (Å²) in [6.45, 7) is 2.05. The average Bonchev–Trinajstić information content (AvgIpc) is 2.22. The maximum absolute atomic E-state index is 11.8. The number of sulfonamides is 1. The highest BCUT2D eigenvalue weighted by molar-refractivity contribution is 7.88. The summed E-state index contributed by atoms with van der Waals surface area (Å²) in [6.07, 6.45) is 0. The summed E-state index contributed by atoms with van der Waals surface area (Å²) in [5, 5.41) is 0.743. The third-order valence-electron chi connectivity index (χ3n) is 2.14. The summed E-state index contributed by atoms with van der Waals surface area (Å²) in [6, 6.07) is 4.48. The van der Waals surface area contributed by atoms with E-state index in [9.17, 15) is 8.42 Å². The standard InChI is InChI=1S/C11H15Cl2NO3S/c1-8(6-17-2)14-18(15,16)7-9-3-4-10(12)11(13)5-9/h3-5,8,14H,6-7H2,1-2H3. The van der Waals surface area contributed by atoms with Gasteiger partial charge in [0.2, 0.25) is 10.0 Å². The number of hydrogen-bond donors (Lipinski definition) is 1. The van der Waals surface area contributed by atoms with Gasteiger partial charge >= 0.3 is 0 Å². The van der Waals surface area contributed by atoms with E-state index in [4.69, 9.17) is 27.9 Å². The molecule has 0 aliphatic heterocycles. The van der Waals surface area contributed by atoms with Crippen LogP contribution in [0.2, 0.25) is 10.0 Å². The van der Waals surface area contributed by atoms with Gasteiger partial charge in [-0.15, -0.1) is 0 Å². The molecule has 0 fully saturated rings. The molecule has 0 saturated heterocycles. The molecule has 0 spiro atoms. The Morgan fingerprint density at radius 3 is 2.56 bits per heavy atom. The second-order valence-corrected chi connectivity index (χ2v) is 6.55. The lowest BCUT2D eigenvalue weighted by molar-refractivity contribution is 0.180. The van der Waals surface area contributed by atoms with E-state index in [1.54, 1.807) is 25.1 Å². The highest BCUT2D eigenvalue weighted by Crippen LogP contribution is 2.23. The van der Waals surface area contributed by atoms with Crippen LogP contribution in [0.4, 0.5) is 0 Å². The maximum Gasteiger partial charge on any atom is 0.216 e. The Balaban J connectivity index is 2.73. The number of rotatable bonds is 6. The van der Waals surface area contributed by atoms with Gasteiger partial charge in [0, 0.05) is 13.2 Å². The van der Waals surface area contributed by atoms with Crippen molar-refractivity contribution < 1.29 is 13.2 Å². The zero-order valence-electron chi connectivity index (χ0n) is 10.1. The molecule has 102 valence electrons. The molecule has 1 aromatic carbocycles. The Kier molecular flexibility index (Phi) is 5.88. The first-order chi connectivity index (χ1) is 8.34. The fourth-order valence-electron chi connectivity index (χ4n) is 1.48. The minimum atomic E-state index is -3.42. The molecule has 1 rings (SSSR count). The molecular formula is C11H15Cl2NO3S. The third kappa shape index (κ3) is 5.12. The summed E-state index contributed by atoms with van der Waals surface area (Å²) >= 11 is 11.6. The van der Waals surface area contributed by atoms with Crippen LogP contribution in [0.3, 0.4) is 0 Å². The van der Waals surface area contributed by atoms with Crippen LogP contribution in [0.15, 0.2) is 18.2 Å². The second kappa shape index (κ2) is 6.73. The van der Waals surface area contributed by atoms with E-state index in [1.165, 1.54) is 7.11 Å². The molecule has 18 heavy (non-hydrogen) atoms. The molecule has 0 bridgehead atoms. The molecule has 0 heterocycles. The average molecular weight is 312 g/mol. The number of ether oxygens (including phenoxy) is 1. The smallest absolute Gasteiger partial charge is 0.216 e. The van der Waals surface area contributed by atoms with Crippen molar-refractivity contribution in [3.05, 3.63) is 33.8 Å². The largest absolute Gasteiger partial charge is 0.383 e. The number of methoxy groups -OCH3 is 1. The van der Waals surface area contributed by atoms with Crippen LogP contribution in [-0.2, 0) is 20.5 Å². The summed E-state index contributed by atoms with van der Waals surface area (Å²) in [7, 11) is -1.90. The van der Waals surface area contributed by atoms with Crippen LogP contribution < -0.4 is 4.72 Å². The molecule has 1 atom stereocenters. The molecular weight excluding hydrogens is 297 g/mol. The molecule has 0 saturated carbocycles. The summed E-state index contributed by atoms with van der Waals surface area (Å²) < 4.78 is 31.1. The SMILES string of the molecule is COCC(C)NS(=O)(=O)Cc1ccc(Cl)c(Cl)c1. The molecule has 7 heteroatoms. The van der Waals surface area contributed by atoms with Crippen molar-refractivity contribution in [1.29, 1.82) is 0 Å². The lowest BCUT2D eigenvalue weighted by Gasteiger charge is -2.13. The van der Waals surface area contributed by atoms with Gasteiger partial charge in [-0.3, -0.25) is 0 Å². The predicted molar refractivity (Wildman–Crippen MR) is 73.6 cm³/mol. The van der Waals surface area contributed by atoms with Gasteiger partial charge in [-0.05, 0) is 24.6 Å². The van der Waals surface area contributed by atoms with Crippen LogP contribution in [-0.4, -0.2) is 28.2 Å². The van der Waals surface area contributed by atoms with Gasteiger partial charge in [-0.2, -0.15) is 0 Å². The van der Waals surface area contributed by atoms with E-state index in [-0.39, 0.29) is 11.8 Å². The highest BCUT2D eigenvalue weighted by Gasteiger charge is 2.15. The monoisotopic (exact) mass is 311 g/mol. The fraction of sp³-hybridized carbons (Fsp3) is 0.455. The zero-order chi connectivity index (χ0) is 13.8. The van der Waals surface area contributed by atoms with E-state index in [1.807, 2.05) is 0 Å². The van der Waals surface area contributed by atoms with Gasteiger partial charge < -0.3 is 4.74 Å². The number of benzene rings is 1. The Morgan fingerprint density at radius 1 is 1.33 bits per heavy atom. The molecule has 1 aromatic rings. The first kappa shape index (κ1) is 15.7. The van der Waals surface area contributed by atoms with Gasteiger partial charge in [0.15, 0.2) is 0 Å². The first-order valence-electron chi connectivity index (χ1n) is 5.27. The molecule has 1 unspecified atom stereocenters. The van der Waals surface area contributed by atoms with Crippen LogP contribution in [0, 0.1) is 0 Å². The number of nitrogens with one attached hydrogen (secondary N) is 1. The van der Waals surface area contributed by atoms with E-state index >= 15 is 0 Å². The van der Waals surface area contributed by atoms with E-state index in [2.05, 4.69) is 4.72 Å². The van der Waals surface area contributed by atoms with Crippen molar-refractivity contribution in [2.75, 3.05) is 13.7 Å². The van der Waals surface area contributed by atoms with Gasteiger partial charge in [0.1, 0.15) is 0 Å². The van der Waals surface area contributed by atoms with Crippen molar-refractivity contribution in [2.24, 2.45) is 0 Å². The minimum Gasteiger partial charge on any atom is -0.383 e. The first-order valence-corrected chi connectivity index (χ1v) is 7.68. The predicted octanol–water partition coefficient (Wildman–Crippen LogP) is 2.45. The highest BCUT2D eigenvalue weighted by atomic mass is 35.5. The topological polar surface area (TPSA) is 55.4 Å². The van der Waals surface area contributed by atoms with Crippen molar-refractivity contribution in [1.82, 2.24) is 4.72 Å². The molecule has 0 amide bonds. The van der Waals surface area contributed by atoms with Crippen molar-refractivity contribution >= 4 is 33.2 Å². The Hall–Kier alpha value is -0.330. The minimum absolute atomic E-state index is 0.141. The normalized spacial score (nSPS) is 13.6. The van der Waals surface area contributed by atoms with Crippen molar-refractivity contribution in [2.45, 2.75) is 18.7 Å². The van der Waals surface area contributed by atoms with Gasteiger partial charge in [-0.25, -0.2) is 13.1 Å². The van der Waals surface area contributed by atoms with Crippen LogP contribution in [0.1, 0.15) is 12.5 Å². The lowest BCUT2D eigenvalue weighted by atomic mass is 10.2. The lowest BCUT2D eigenvalue weighted by Crippen LogP contribution is -2.36. The van der Waals surface area contributed by atoms with Crippen molar-refractivity contribution in [3.8, 4) is 0 Å². The second-order valence-electron chi connectivity index (χ2n) is 3.98. The molecule has 0 aliphatic carbocycles. The molecule has 0 aliphatic rings. The Morgan fingerprint density at radius 2 is 2.00 bits per heavy atom. The number of halogens is 2. The fourth-order valence-corrected chi connectivity index (χ4v) is 3.18. The zero-order valence-corrected chi connectivity index (χ0v) is 12.4. The van der Waals surface area contributed by atoms with Gasteiger partial charge in [0.25, 0.3) is 0 Å². The van der Waals surface area contributed by atoms with Crippen molar-refractivity contribution in [3.63, 3.8) is 0 Å². The summed E-state index contributed by atoms with van der Waals surface area (Å²) in [5.74, 6) is -0.141. The number of hydrogen-bond acceptors (Lipinski definition) is 3. The summed E-state index contributed by atoms with van der Waals surface area (Å²) in [5.41, 5.74) is 0.585. The van der Waals surface area contributed by atoms with Gasteiger partial charge in [-0.1, -0.05) is 29.3 Å². The van der Waals surface area contributed by atoms with Crippen LogP contribution >= 0.6 is 23.2 Å². The molecule has 0 radical (unpaired) electrons. The maximum atomic E-state index is 11.8. The van der Waals surface area contributed by atoms with E-state index in [0.717, 1.165) is 0 Å². The molecule has 4 nitrogen and oxygen atoms in total. The van der Waals surface area contributed by atoms with E-state index in [0.29, 0.717) is 22.2 Å². The third-order valence-corrected chi connectivity index (χ3v) is 4.35. The summed E-state index contributed by atoms with van der Waals surface area (Å²) in [4.78, 5) is 0. The van der Waals surface area contributed by atoms with Crippen LogP contribution in [0.5, 0.6) is 0 Å². The van der Waals surface area contributed by atoms with Crippen LogP contribution in [0.25, 0.3) is 0 Å². The van der Waals surface area contributed by atoms with E-state index < -0.39 is 10.0 Å². The van der Waals surface area contributed by atoms with Gasteiger partial charge in [0.05, 0.1) is 22.4 Å². The Bertz CT molecular complexity index is 505. The molecule has 1 N–H and O–H groups in total. The Labute approximate surface area is 117 Å².